The van der Waals surface area contributed by atoms with Gasteiger partial charge in [0.2, 0.25) is 10.0 Å². The first-order valence-corrected chi connectivity index (χ1v) is 42.3. The number of esters is 1. The quantitative estimate of drug-likeness (QED) is 0.0508. The lowest BCUT2D eigenvalue weighted by atomic mass is 9.44. The largest absolute Gasteiger partial charge is 0.493 e. The van der Waals surface area contributed by atoms with Crippen LogP contribution >= 0.6 is 0 Å². The molecule has 18 fully saturated rings. The summed E-state index contributed by atoms with van der Waals surface area (Å²) >= 11 is 0. The summed E-state index contributed by atoms with van der Waals surface area (Å²) in [6, 6.07) is 7.53. The van der Waals surface area contributed by atoms with E-state index in [9.17, 15) is 67.1 Å². The van der Waals surface area contributed by atoms with Crippen molar-refractivity contribution in [2.24, 2.45) is 45.3 Å². The van der Waals surface area contributed by atoms with Gasteiger partial charge in [0.15, 0.2) is 0 Å². The number of nitrogens with zero attached hydrogens (tertiary/aromatic N) is 2. The number of hydrogen-bond donors (Lipinski definition) is 4. The van der Waals surface area contributed by atoms with Crippen LogP contribution in [0.25, 0.3) is 0 Å². The molecule has 586 valence electrons. The van der Waals surface area contributed by atoms with Gasteiger partial charge in [-0.2, -0.15) is 38.6 Å². The van der Waals surface area contributed by atoms with Crippen LogP contribution < -0.4 is 28.4 Å². The maximum Gasteiger partial charge on any atom is 0.490 e. The third kappa shape index (κ3) is 15.3. The molecule has 0 radical (unpaired) electrons. The fraction of sp³-hybridized carbons (Fsp3) is 0.707. The number of alkyl halides is 6. The number of aliphatic hydroxyl groups excluding tert-OH is 1. The van der Waals surface area contributed by atoms with Crippen LogP contribution in [0.4, 0.5) is 39.5 Å². The second kappa shape index (κ2) is 26.3. The van der Waals surface area contributed by atoms with Crippen molar-refractivity contribution < 1.29 is 108 Å². The van der Waals surface area contributed by atoms with Crippen LogP contribution in [0.15, 0.2) is 36.4 Å². The van der Waals surface area contributed by atoms with Crippen LogP contribution in [-0.4, -0.2) is 149 Å². The summed E-state index contributed by atoms with van der Waals surface area (Å²) in [5.41, 5.74) is -7.45. The molecule has 3 aromatic carbocycles. The number of carbonyl (C=O) groups is 4. The molecule has 107 heavy (non-hydrogen) atoms. The van der Waals surface area contributed by atoms with Gasteiger partial charge in [0.05, 0.1) is 41.8 Å². The molecule has 0 spiro atoms. The van der Waals surface area contributed by atoms with Crippen molar-refractivity contribution in [3.8, 4) is 17.2 Å². The van der Waals surface area contributed by atoms with Gasteiger partial charge in [-0.05, 0) is 242 Å². The number of benzene rings is 3. The summed E-state index contributed by atoms with van der Waals surface area (Å²) in [6.07, 6.45) is 11.6. The molecule has 20 nitrogen and oxygen atoms in total. The van der Waals surface area contributed by atoms with Crippen molar-refractivity contribution in [1.82, 2.24) is 22.8 Å². The van der Waals surface area contributed by atoms with Gasteiger partial charge in [0.1, 0.15) is 57.3 Å². The minimum absolute atomic E-state index is 0.0120. The third-order valence-corrected chi connectivity index (χ3v) is 30.7. The van der Waals surface area contributed by atoms with Crippen molar-refractivity contribution in [1.29, 1.82) is 0 Å². The van der Waals surface area contributed by atoms with Gasteiger partial charge < -0.3 is 24.1 Å². The maximum atomic E-state index is 15.3. The lowest BCUT2D eigenvalue weighted by Crippen LogP contribution is -2.66. The average molecular weight is 1570 g/mol. The number of hydrogen-bond acceptors (Lipinski definition) is 15. The van der Waals surface area contributed by atoms with Crippen molar-refractivity contribution in [2.75, 3.05) is 52.6 Å². The predicted octanol–water partition coefficient (Wildman–Crippen LogP) is 12.3. The number of ether oxygens (including phenoxy) is 4. The van der Waals surface area contributed by atoms with E-state index in [2.05, 4.69) is 0 Å². The highest BCUT2D eigenvalue weighted by Gasteiger charge is 2.71. The Kier molecular flexibility index (Phi) is 18.5. The van der Waals surface area contributed by atoms with Crippen LogP contribution in [0.3, 0.4) is 0 Å². The zero-order chi connectivity index (χ0) is 75.7. The normalized spacial score (nSPS) is 35.0. The molecule has 4 N–H and O–H groups in total. The Morgan fingerprint density at radius 1 is 0.458 bits per heavy atom. The Morgan fingerprint density at radius 3 is 1.14 bits per heavy atom. The van der Waals surface area contributed by atoms with E-state index in [1.807, 2.05) is 14.2 Å². The van der Waals surface area contributed by atoms with Gasteiger partial charge >= 0.3 is 32.6 Å². The number of rotatable bonds is 23. The van der Waals surface area contributed by atoms with E-state index in [4.69, 9.17) is 18.9 Å². The van der Waals surface area contributed by atoms with Crippen LogP contribution in [0.5, 0.6) is 17.2 Å². The number of sulfonamides is 1. The fourth-order valence-corrected chi connectivity index (χ4v) is 25.9. The molecule has 21 rings (SSSR count). The van der Waals surface area contributed by atoms with Crippen LogP contribution in [0.1, 0.15) is 245 Å². The standard InChI is InChI=1S/C26H30F4N2O6S.C25H33FN2O5S.C24H27F4NO4S/c27-20-8-21(18(17-2-3-17)7-19(20)22(33)31-39(35,36)32-4-1-5-32)37-14-24-9-15-6-16(10-24)12-25(11-15,13-24)38-23(34)26(28,29)30;26-21-8-22(33-15-25-11-16-6-17(12-25)10-24(9-16,13-25)14-29)19(18-2-3-18)7-20(21)23(30)27-34(31,32)28-4-1-5-28;25-18-6-19(16(14-1-2-14)5-17(18)20(30)29-34(31,32)15-3-4-15)33-13-21-7-22(26)10-23(27,8-21)12-24(28,9-21)11-22/h7-8,15-17H,1-6,9-14H2,(H,31,33);7-8,16-18,29H,1-6,9-15H2,(H,27,30);5-6,14-15H,1-4,7-13H2,(H,29,30). The summed E-state index contributed by atoms with van der Waals surface area (Å²) in [5.74, 6) is -5.19. The molecule has 4 atom stereocenters. The lowest BCUT2D eigenvalue weighted by Gasteiger charge is -2.62. The summed E-state index contributed by atoms with van der Waals surface area (Å²) in [7, 11) is -11.8. The van der Waals surface area contributed by atoms with Crippen molar-refractivity contribution >= 4 is 54.1 Å². The first-order chi connectivity index (χ1) is 50.3. The van der Waals surface area contributed by atoms with E-state index in [1.54, 1.807) is 0 Å². The molecular weight excluding hydrogens is 1480 g/mol. The molecule has 0 aromatic heterocycles. The van der Waals surface area contributed by atoms with E-state index in [0.717, 1.165) is 118 Å². The van der Waals surface area contributed by atoms with E-state index in [1.165, 1.54) is 35.0 Å². The second-order valence-electron chi connectivity index (χ2n) is 35.5. The Balaban J connectivity index is 0.000000123. The fourth-order valence-electron chi connectivity index (χ4n) is 22.2. The molecule has 2 heterocycles. The third-order valence-electron chi connectivity index (χ3n) is 25.9. The highest BCUT2D eigenvalue weighted by molar-refractivity contribution is 7.91. The molecule has 12 bridgehead atoms. The zero-order valence-corrected chi connectivity index (χ0v) is 61.7. The predicted molar refractivity (Wildman–Crippen MR) is 366 cm³/mol. The van der Waals surface area contributed by atoms with Crippen LogP contribution in [0, 0.1) is 62.8 Å². The lowest BCUT2D eigenvalue weighted by molar-refractivity contribution is -0.240. The molecule has 3 amide bonds. The van der Waals surface area contributed by atoms with Crippen molar-refractivity contribution in [3.63, 3.8) is 0 Å². The van der Waals surface area contributed by atoms with E-state index >= 15 is 22.0 Å². The minimum atomic E-state index is -5.06. The Bertz CT molecular complexity index is 4410. The van der Waals surface area contributed by atoms with Gasteiger partial charge in [0, 0.05) is 86.5 Å². The van der Waals surface area contributed by atoms with E-state index < -0.39 is 116 Å². The number of amides is 3. The molecule has 2 saturated heterocycles. The zero-order valence-electron chi connectivity index (χ0n) is 59.2. The monoisotopic (exact) mass is 1570 g/mol. The highest BCUT2D eigenvalue weighted by Crippen LogP contribution is 2.70. The van der Waals surface area contributed by atoms with E-state index in [-0.39, 0.29) is 133 Å². The summed E-state index contributed by atoms with van der Waals surface area (Å²) < 4.78 is 235. The van der Waals surface area contributed by atoms with Crippen molar-refractivity contribution in [2.45, 2.75) is 232 Å². The van der Waals surface area contributed by atoms with Gasteiger partial charge in [-0.1, -0.05) is 0 Å². The number of aliphatic hydroxyl groups is 1. The van der Waals surface area contributed by atoms with Crippen LogP contribution in [-0.2, 0) is 40.0 Å². The van der Waals surface area contributed by atoms with Crippen LogP contribution in [0.2, 0.25) is 0 Å². The highest BCUT2D eigenvalue weighted by atomic mass is 32.2. The first-order valence-electron chi connectivity index (χ1n) is 37.8. The molecule has 18 aliphatic rings. The molecule has 16 aliphatic carbocycles. The van der Waals surface area contributed by atoms with Gasteiger partial charge in [-0.25, -0.2) is 53.7 Å². The molecule has 4 unspecified atom stereocenters. The second-order valence-corrected chi connectivity index (χ2v) is 40.8. The van der Waals surface area contributed by atoms with Gasteiger partial charge in [-0.3, -0.25) is 14.4 Å². The Labute approximate surface area is 615 Å². The Hall–Kier alpha value is -5.96. The summed E-state index contributed by atoms with van der Waals surface area (Å²) in [5, 5.41) is 9.51. The average Bonchev–Trinajstić information content (AvgIpc) is 1.48. The van der Waals surface area contributed by atoms with E-state index in [0.29, 0.717) is 93.6 Å². The topological polar surface area (TPSA) is 270 Å². The molecule has 16 saturated carbocycles. The van der Waals surface area contributed by atoms with Gasteiger partial charge in [0.25, 0.3) is 17.7 Å². The number of nitrogens with one attached hydrogen (secondary N) is 3. The molecule has 2 aliphatic heterocycles. The smallest absolute Gasteiger partial charge is 0.490 e. The molecular formula is C75H90F9N5O15S3. The summed E-state index contributed by atoms with van der Waals surface area (Å²) in [6.45, 7) is 2.04. The molecule has 32 heteroatoms. The van der Waals surface area contributed by atoms with Gasteiger partial charge in [-0.15, -0.1) is 0 Å². The minimum Gasteiger partial charge on any atom is -0.493 e. The molecule has 3 aromatic rings. The SMILES string of the molecule is O=C(NS(=O)(=O)C1CC1)c1cc(C2CC2)c(OCC23CC4(F)CC(F)(CC(F)(C4)C2)C3)cc1F.O=C(NS(=O)(=O)N1CCC1)c1cc(C2CC2)c(OCC23CC4CC(C2)CC(OC(=O)C(F)(F)F)(C4)C3)cc1F.O=C(NS(=O)(=O)N1CCC1)c1cc(C2CC2)c(OCC23CC4CC(CC(CO)(C4)C2)C3)cc1F. The first kappa shape index (κ1) is 75.1. The number of halogens is 9. The van der Waals surface area contributed by atoms with Crippen molar-refractivity contribution in [3.05, 3.63) is 87.2 Å². The summed E-state index contributed by atoms with van der Waals surface area (Å²) in [4.78, 5) is 49.6. The maximum absolute atomic E-state index is 15.3. The number of carbonyl (C=O) groups excluding carboxylic acids is 4. The Morgan fingerprint density at radius 2 is 0.804 bits per heavy atom.